The fraction of sp³-hybridized carbons (Fsp3) is 0.500. The van der Waals surface area contributed by atoms with Crippen molar-refractivity contribution in [1.82, 2.24) is 14.8 Å². The molecule has 126 valence electrons. The van der Waals surface area contributed by atoms with E-state index in [0.717, 1.165) is 50.4 Å². The zero-order valence-corrected chi connectivity index (χ0v) is 13.9. The first kappa shape index (κ1) is 15.2. The van der Waals surface area contributed by atoms with Crippen LogP contribution in [0, 0.1) is 5.92 Å². The lowest BCUT2D eigenvalue weighted by atomic mass is 9.99. The van der Waals surface area contributed by atoms with Crippen molar-refractivity contribution in [3.8, 4) is 0 Å². The Hall–Kier alpha value is -2.37. The molecule has 0 bridgehead atoms. The second-order valence-corrected chi connectivity index (χ2v) is 6.56. The van der Waals surface area contributed by atoms with Gasteiger partial charge in [-0.1, -0.05) is 18.2 Å². The number of para-hydroxylation sites is 1. The largest absolute Gasteiger partial charge is 0.469 e. The van der Waals surface area contributed by atoms with Crippen LogP contribution in [0.15, 0.2) is 24.3 Å². The van der Waals surface area contributed by atoms with Crippen molar-refractivity contribution < 1.29 is 9.53 Å². The van der Waals surface area contributed by atoms with Gasteiger partial charge in [-0.15, -0.1) is 10.2 Å². The van der Waals surface area contributed by atoms with Crippen molar-refractivity contribution in [3.05, 3.63) is 41.5 Å². The summed E-state index contributed by atoms with van der Waals surface area (Å²) in [6.07, 6.45) is 3.86. The van der Waals surface area contributed by atoms with Gasteiger partial charge in [0.1, 0.15) is 5.82 Å². The maximum atomic E-state index is 11.9. The molecule has 1 unspecified atom stereocenters. The second kappa shape index (κ2) is 6.26. The first-order valence-electron chi connectivity index (χ1n) is 8.58. The number of anilines is 1. The molecule has 0 saturated carbocycles. The van der Waals surface area contributed by atoms with Crippen molar-refractivity contribution in [2.24, 2.45) is 5.92 Å². The van der Waals surface area contributed by atoms with Gasteiger partial charge in [-0.05, 0) is 30.9 Å². The molecule has 0 fully saturated rings. The molecule has 3 heterocycles. The van der Waals surface area contributed by atoms with E-state index in [9.17, 15) is 4.79 Å². The fourth-order valence-electron chi connectivity index (χ4n) is 3.81. The lowest BCUT2D eigenvalue weighted by molar-refractivity contribution is -0.146. The van der Waals surface area contributed by atoms with E-state index < -0.39 is 0 Å². The highest BCUT2D eigenvalue weighted by atomic mass is 16.5. The zero-order valence-electron chi connectivity index (χ0n) is 13.9. The Labute approximate surface area is 141 Å². The second-order valence-electron chi connectivity index (χ2n) is 6.56. The number of hydrogen-bond donors (Lipinski definition) is 0. The van der Waals surface area contributed by atoms with Crippen LogP contribution in [0.1, 0.15) is 30.1 Å². The van der Waals surface area contributed by atoms with Gasteiger partial charge >= 0.3 is 5.97 Å². The molecule has 2 aliphatic heterocycles. The molecule has 0 N–H and O–H groups in total. The molecule has 0 aliphatic carbocycles. The molecular weight excluding hydrogens is 304 g/mol. The SMILES string of the molecule is COC(=O)C1CCc2nnc(CN3CCCc4ccccc43)n2C1. The number of esters is 1. The van der Waals surface area contributed by atoms with Crippen LogP contribution in [-0.4, -0.2) is 34.4 Å². The van der Waals surface area contributed by atoms with Crippen LogP contribution in [0.4, 0.5) is 5.69 Å². The summed E-state index contributed by atoms with van der Waals surface area (Å²) in [5.74, 6) is 1.69. The highest BCUT2D eigenvalue weighted by Crippen LogP contribution is 2.29. The van der Waals surface area contributed by atoms with Crippen molar-refractivity contribution >= 4 is 11.7 Å². The zero-order chi connectivity index (χ0) is 16.5. The summed E-state index contributed by atoms with van der Waals surface area (Å²) in [6.45, 7) is 2.39. The van der Waals surface area contributed by atoms with Crippen LogP contribution in [0.25, 0.3) is 0 Å². The Morgan fingerprint density at radius 2 is 2.17 bits per heavy atom. The van der Waals surface area contributed by atoms with Crippen LogP contribution >= 0.6 is 0 Å². The van der Waals surface area contributed by atoms with Gasteiger partial charge < -0.3 is 14.2 Å². The number of rotatable bonds is 3. The number of nitrogens with zero attached hydrogens (tertiary/aromatic N) is 4. The Bertz CT molecular complexity index is 755. The molecule has 2 aliphatic rings. The molecule has 1 aromatic carbocycles. The van der Waals surface area contributed by atoms with Gasteiger partial charge in [-0.3, -0.25) is 4.79 Å². The van der Waals surface area contributed by atoms with Crippen molar-refractivity contribution in [2.75, 3.05) is 18.6 Å². The molecule has 0 spiro atoms. The van der Waals surface area contributed by atoms with E-state index in [0.29, 0.717) is 6.54 Å². The third-order valence-corrected chi connectivity index (χ3v) is 5.10. The van der Waals surface area contributed by atoms with Crippen molar-refractivity contribution in [3.63, 3.8) is 0 Å². The average molecular weight is 326 g/mol. The lowest BCUT2D eigenvalue weighted by Crippen LogP contribution is -2.32. The topological polar surface area (TPSA) is 60.2 Å². The predicted octanol–water partition coefficient (Wildman–Crippen LogP) is 1.97. The molecule has 0 radical (unpaired) electrons. The summed E-state index contributed by atoms with van der Waals surface area (Å²) < 4.78 is 7.03. The van der Waals surface area contributed by atoms with Gasteiger partial charge in [0.05, 0.1) is 19.6 Å². The van der Waals surface area contributed by atoms with Gasteiger partial charge in [0.2, 0.25) is 0 Å². The van der Waals surface area contributed by atoms with Gasteiger partial charge in [0.15, 0.2) is 5.82 Å². The fourth-order valence-corrected chi connectivity index (χ4v) is 3.81. The summed E-state index contributed by atoms with van der Waals surface area (Å²) in [6, 6.07) is 8.57. The van der Waals surface area contributed by atoms with Crippen molar-refractivity contribution in [2.45, 2.75) is 38.8 Å². The lowest BCUT2D eigenvalue weighted by Gasteiger charge is -2.31. The number of hydrogen-bond acceptors (Lipinski definition) is 5. The summed E-state index contributed by atoms with van der Waals surface area (Å²) in [5, 5.41) is 8.74. The Morgan fingerprint density at radius 3 is 3.04 bits per heavy atom. The standard InChI is InChI=1S/C18H22N4O2/c1-24-18(23)14-8-9-16-19-20-17(22(16)11-14)12-21-10-4-6-13-5-2-3-7-15(13)21/h2-3,5,7,14H,4,6,8-12H2,1H3. The normalized spacial score (nSPS) is 19.5. The molecule has 2 aromatic rings. The summed E-state index contributed by atoms with van der Waals surface area (Å²) >= 11 is 0. The number of benzene rings is 1. The first-order chi connectivity index (χ1) is 11.8. The molecule has 0 amide bonds. The highest BCUT2D eigenvalue weighted by molar-refractivity contribution is 5.72. The molecular formula is C18H22N4O2. The summed E-state index contributed by atoms with van der Waals surface area (Å²) in [5.41, 5.74) is 2.69. The van der Waals surface area contributed by atoms with Crippen LogP contribution in [0.5, 0.6) is 0 Å². The van der Waals surface area contributed by atoms with Gasteiger partial charge in [-0.2, -0.15) is 0 Å². The van der Waals surface area contributed by atoms with Crippen LogP contribution in [0.3, 0.4) is 0 Å². The van der Waals surface area contributed by atoms with E-state index >= 15 is 0 Å². The number of aryl methyl sites for hydroxylation is 2. The molecule has 4 rings (SSSR count). The molecule has 6 nitrogen and oxygen atoms in total. The van der Waals surface area contributed by atoms with Crippen LogP contribution in [-0.2, 0) is 35.5 Å². The van der Waals surface area contributed by atoms with Crippen LogP contribution < -0.4 is 4.90 Å². The Balaban J connectivity index is 1.57. The smallest absolute Gasteiger partial charge is 0.310 e. The quantitative estimate of drug-likeness (QED) is 0.807. The number of ether oxygens (including phenoxy) is 1. The van der Waals surface area contributed by atoms with E-state index in [4.69, 9.17) is 4.74 Å². The van der Waals surface area contributed by atoms with Gasteiger partial charge in [0, 0.05) is 25.2 Å². The maximum absolute atomic E-state index is 11.9. The number of carbonyl (C=O) groups is 1. The van der Waals surface area contributed by atoms with E-state index in [1.54, 1.807) is 0 Å². The van der Waals surface area contributed by atoms with E-state index in [1.165, 1.54) is 18.4 Å². The minimum atomic E-state index is -0.136. The number of carbonyl (C=O) groups excluding carboxylic acids is 1. The van der Waals surface area contributed by atoms with Gasteiger partial charge in [-0.25, -0.2) is 0 Å². The van der Waals surface area contributed by atoms with Crippen molar-refractivity contribution in [1.29, 1.82) is 0 Å². The van der Waals surface area contributed by atoms with E-state index in [2.05, 4.69) is 43.9 Å². The van der Waals surface area contributed by atoms with E-state index in [-0.39, 0.29) is 11.9 Å². The third kappa shape index (κ3) is 2.66. The summed E-state index contributed by atoms with van der Waals surface area (Å²) in [4.78, 5) is 14.2. The summed E-state index contributed by atoms with van der Waals surface area (Å²) in [7, 11) is 1.45. The third-order valence-electron chi connectivity index (χ3n) is 5.10. The first-order valence-corrected chi connectivity index (χ1v) is 8.58. The monoisotopic (exact) mass is 326 g/mol. The van der Waals surface area contributed by atoms with Crippen LogP contribution in [0.2, 0.25) is 0 Å². The predicted molar refractivity (Wildman–Crippen MR) is 89.7 cm³/mol. The molecule has 0 saturated heterocycles. The number of aromatic nitrogens is 3. The minimum Gasteiger partial charge on any atom is -0.469 e. The Kier molecular flexibility index (Phi) is 3.96. The Morgan fingerprint density at radius 1 is 1.29 bits per heavy atom. The highest BCUT2D eigenvalue weighted by Gasteiger charge is 2.29. The average Bonchev–Trinajstić information content (AvgIpc) is 3.03. The van der Waals surface area contributed by atoms with E-state index in [1.807, 2.05) is 0 Å². The number of methoxy groups -OCH3 is 1. The number of fused-ring (bicyclic) bond motifs is 2. The molecule has 1 aromatic heterocycles. The van der Waals surface area contributed by atoms with Gasteiger partial charge in [0.25, 0.3) is 0 Å². The maximum Gasteiger partial charge on any atom is 0.310 e. The molecule has 6 heteroatoms. The molecule has 24 heavy (non-hydrogen) atoms. The minimum absolute atomic E-state index is 0.0918. The molecule has 1 atom stereocenters.